The molecule has 1 saturated heterocycles. The first-order valence-electron chi connectivity index (χ1n) is 6.94. The van der Waals surface area contributed by atoms with Crippen LogP contribution in [0.3, 0.4) is 0 Å². The Morgan fingerprint density at radius 1 is 1.23 bits per heavy atom. The van der Waals surface area contributed by atoms with Gasteiger partial charge in [-0.2, -0.15) is 0 Å². The Morgan fingerprint density at radius 3 is 2.55 bits per heavy atom. The standard InChI is InChI=1S/C14H20N2O5S/c1-21-11-4-5-12(13(17)10-11)14(18)15-6-3-7-16(9-8-15)22(2,19)20/h4-5,10,17H,3,6-9H2,1-2H3. The van der Waals surface area contributed by atoms with Gasteiger partial charge in [-0.05, 0) is 18.6 Å². The first-order valence-corrected chi connectivity index (χ1v) is 8.79. The number of aromatic hydroxyl groups is 1. The molecule has 1 aliphatic heterocycles. The van der Waals surface area contributed by atoms with Crippen molar-refractivity contribution in [2.75, 3.05) is 39.5 Å². The van der Waals surface area contributed by atoms with Crippen molar-refractivity contribution in [2.24, 2.45) is 0 Å². The van der Waals surface area contributed by atoms with Crippen LogP contribution in [-0.2, 0) is 10.0 Å². The Morgan fingerprint density at radius 2 is 1.95 bits per heavy atom. The minimum absolute atomic E-state index is 0.145. The Hall–Kier alpha value is -1.80. The molecule has 1 aliphatic rings. The van der Waals surface area contributed by atoms with E-state index in [1.807, 2.05) is 0 Å². The monoisotopic (exact) mass is 328 g/mol. The van der Waals surface area contributed by atoms with Crippen LogP contribution in [0.5, 0.6) is 11.5 Å². The van der Waals surface area contributed by atoms with E-state index in [1.54, 1.807) is 11.0 Å². The Balaban J connectivity index is 2.13. The molecule has 0 unspecified atom stereocenters. The van der Waals surface area contributed by atoms with Crippen LogP contribution in [0.15, 0.2) is 18.2 Å². The maximum absolute atomic E-state index is 12.5. The fourth-order valence-electron chi connectivity index (χ4n) is 2.42. The average molecular weight is 328 g/mol. The summed E-state index contributed by atoms with van der Waals surface area (Å²) >= 11 is 0. The number of phenols is 1. The molecule has 1 fully saturated rings. The van der Waals surface area contributed by atoms with Crippen molar-refractivity contribution in [3.8, 4) is 11.5 Å². The summed E-state index contributed by atoms with van der Waals surface area (Å²) in [5, 5.41) is 9.94. The van der Waals surface area contributed by atoms with E-state index in [4.69, 9.17) is 4.74 Å². The molecule has 0 aromatic heterocycles. The first-order chi connectivity index (χ1) is 10.3. The summed E-state index contributed by atoms with van der Waals surface area (Å²) in [4.78, 5) is 14.0. The van der Waals surface area contributed by atoms with Crippen LogP contribution in [0.25, 0.3) is 0 Å². The largest absolute Gasteiger partial charge is 0.507 e. The normalized spacial score (nSPS) is 17.1. The van der Waals surface area contributed by atoms with Crippen LogP contribution in [0, 0.1) is 0 Å². The van der Waals surface area contributed by atoms with Gasteiger partial charge in [-0.25, -0.2) is 12.7 Å². The highest BCUT2D eigenvalue weighted by Gasteiger charge is 2.25. The van der Waals surface area contributed by atoms with Crippen LogP contribution in [-0.4, -0.2) is 68.2 Å². The van der Waals surface area contributed by atoms with E-state index >= 15 is 0 Å². The number of rotatable bonds is 3. The van der Waals surface area contributed by atoms with Gasteiger partial charge < -0.3 is 14.7 Å². The Labute approximate surface area is 130 Å². The predicted molar refractivity (Wildman–Crippen MR) is 81.6 cm³/mol. The van der Waals surface area contributed by atoms with Crippen molar-refractivity contribution in [3.05, 3.63) is 23.8 Å². The zero-order valence-electron chi connectivity index (χ0n) is 12.7. The number of benzene rings is 1. The van der Waals surface area contributed by atoms with Gasteiger partial charge in [0.2, 0.25) is 10.0 Å². The highest BCUT2D eigenvalue weighted by Crippen LogP contribution is 2.25. The number of sulfonamides is 1. The number of nitrogens with zero attached hydrogens (tertiary/aromatic N) is 2. The lowest BCUT2D eigenvalue weighted by atomic mass is 10.1. The van der Waals surface area contributed by atoms with E-state index in [2.05, 4.69) is 0 Å². The van der Waals surface area contributed by atoms with Crippen molar-refractivity contribution in [3.63, 3.8) is 0 Å². The molecular weight excluding hydrogens is 308 g/mol. The molecule has 0 atom stereocenters. The van der Waals surface area contributed by atoms with Crippen molar-refractivity contribution >= 4 is 15.9 Å². The SMILES string of the molecule is COc1ccc(C(=O)N2CCCN(S(C)(=O)=O)CC2)c(O)c1. The van der Waals surface area contributed by atoms with Crippen molar-refractivity contribution < 1.29 is 23.1 Å². The van der Waals surface area contributed by atoms with E-state index in [1.165, 1.54) is 29.8 Å². The zero-order chi connectivity index (χ0) is 16.3. The van der Waals surface area contributed by atoms with E-state index in [-0.39, 0.29) is 23.8 Å². The molecule has 8 heteroatoms. The summed E-state index contributed by atoms with van der Waals surface area (Å²) < 4.78 is 29.5. The molecule has 1 heterocycles. The Bertz CT molecular complexity index is 659. The van der Waals surface area contributed by atoms with Crippen LogP contribution in [0.2, 0.25) is 0 Å². The smallest absolute Gasteiger partial charge is 0.257 e. The molecule has 122 valence electrons. The van der Waals surface area contributed by atoms with E-state index in [0.717, 1.165) is 0 Å². The third-order valence-electron chi connectivity index (χ3n) is 3.65. The summed E-state index contributed by atoms with van der Waals surface area (Å²) in [6.45, 7) is 1.42. The molecule has 1 amide bonds. The highest BCUT2D eigenvalue weighted by atomic mass is 32.2. The minimum atomic E-state index is -3.25. The second-order valence-electron chi connectivity index (χ2n) is 5.19. The first kappa shape index (κ1) is 16.6. The molecule has 1 aromatic rings. The lowest BCUT2D eigenvalue weighted by molar-refractivity contribution is 0.0761. The number of methoxy groups -OCH3 is 1. The zero-order valence-corrected chi connectivity index (χ0v) is 13.5. The molecule has 22 heavy (non-hydrogen) atoms. The van der Waals surface area contributed by atoms with Gasteiger partial charge in [0.15, 0.2) is 0 Å². The Kier molecular flexibility index (Phi) is 4.92. The van der Waals surface area contributed by atoms with Gasteiger partial charge in [0.05, 0.1) is 18.9 Å². The summed E-state index contributed by atoms with van der Waals surface area (Å²) in [7, 11) is -1.77. The molecule has 2 rings (SSSR count). The van der Waals surface area contributed by atoms with Gasteiger partial charge in [0.1, 0.15) is 11.5 Å². The molecule has 0 saturated carbocycles. The quantitative estimate of drug-likeness (QED) is 0.873. The maximum Gasteiger partial charge on any atom is 0.257 e. The molecule has 0 radical (unpaired) electrons. The average Bonchev–Trinajstić information content (AvgIpc) is 2.72. The fourth-order valence-corrected chi connectivity index (χ4v) is 3.29. The third kappa shape index (κ3) is 3.69. The molecule has 0 bridgehead atoms. The number of amides is 1. The van der Waals surface area contributed by atoms with E-state index in [9.17, 15) is 18.3 Å². The lowest BCUT2D eigenvalue weighted by Crippen LogP contribution is -2.36. The molecule has 7 nitrogen and oxygen atoms in total. The van der Waals surface area contributed by atoms with Gasteiger partial charge in [-0.15, -0.1) is 0 Å². The second kappa shape index (κ2) is 6.53. The topological polar surface area (TPSA) is 87.2 Å². The molecule has 0 aliphatic carbocycles. The minimum Gasteiger partial charge on any atom is -0.507 e. The van der Waals surface area contributed by atoms with Crippen molar-refractivity contribution in [1.82, 2.24) is 9.21 Å². The number of carbonyl (C=O) groups excluding carboxylic acids is 1. The summed E-state index contributed by atoms with van der Waals surface area (Å²) in [5.41, 5.74) is 0.189. The van der Waals surface area contributed by atoms with E-state index < -0.39 is 10.0 Å². The third-order valence-corrected chi connectivity index (χ3v) is 4.95. The van der Waals surface area contributed by atoms with Crippen LogP contribution in [0.1, 0.15) is 16.8 Å². The highest BCUT2D eigenvalue weighted by molar-refractivity contribution is 7.88. The van der Waals surface area contributed by atoms with Gasteiger partial charge in [0.25, 0.3) is 5.91 Å². The number of hydrogen-bond donors (Lipinski definition) is 1. The van der Waals surface area contributed by atoms with Gasteiger partial charge in [-0.1, -0.05) is 0 Å². The van der Waals surface area contributed by atoms with Gasteiger partial charge in [0, 0.05) is 32.2 Å². The summed E-state index contributed by atoms with van der Waals surface area (Å²) in [5.74, 6) is 0.0113. The van der Waals surface area contributed by atoms with Gasteiger partial charge in [-0.3, -0.25) is 4.79 Å². The lowest BCUT2D eigenvalue weighted by Gasteiger charge is -2.21. The predicted octanol–water partition coefficient (Wildman–Crippen LogP) is 0.508. The molecular formula is C14H20N2O5S. The van der Waals surface area contributed by atoms with Gasteiger partial charge >= 0.3 is 0 Å². The van der Waals surface area contributed by atoms with Crippen molar-refractivity contribution in [1.29, 1.82) is 0 Å². The number of hydrogen-bond acceptors (Lipinski definition) is 5. The van der Waals surface area contributed by atoms with Crippen molar-refractivity contribution in [2.45, 2.75) is 6.42 Å². The number of phenolic OH excluding ortho intramolecular Hbond substituents is 1. The molecule has 1 N–H and O–H groups in total. The van der Waals surface area contributed by atoms with Crippen LogP contribution >= 0.6 is 0 Å². The maximum atomic E-state index is 12.5. The van der Waals surface area contributed by atoms with Crippen LogP contribution in [0.4, 0.5) is 0 Å². The molecule has 0 spiro atoms. The fraction of sp³-hybridized carbons (Fsp3) is 0.500. The summed E-state index contributed by atoms with van der Waals surface area (Å²) in [6.07, 6.45) is 1.73. The van der Waals surface area contributed by atoms with Crippen LogP contribution < -0.4 is 4.74 Å². The number of ether oxygens (including phenoxy) is 1. The molecule has 1 aromatic carbocycles. The number of carbonyl (C=O) groups is 1. The second-order valence-corrected chi connectivity index (χ2v) is 7.17. The summed E-state index contributed by atoms with van der Waals surface area (Å²) in [6, 6.07) is 4.50. The van der Waals surface area contributed by atoms with E-state index in [0.29, 0.717) is 31.8 Å².